The second-order valence-corrected chi connectivity index (χ2v) is 1.77. The lowest BCUT2D eigenvalue weighted by Gasteiger charge is -1.84. The molecule has 1 saturated heterocycles. The Hall–Kier alpha value is -0.280. The molecule has 0 radical (unpaired) electrons. The van der Waals surface area contributed by atoms with E-state index in [2.05, 4.69) is 4.74 Å². The molecule has 1 heterocycles. The Kier molecular flexibility index (Phi) is 2.79. The first-order valence-electron chi connectivity index (χ1n) is 2.30. The number of hydrogen-bond acceptors (Lipinski definition) is 2. The first-order valence-corrected chi connectivity index (χ1v) is 2.30. The van der Waals surface area contributed by atoms with Crippen molar-refractivity contribution in [3.8, 4) is 0 Å². The molecular weight excluding hydrogens is 130 g/mol. The van der Waals surface area contributed by atoms with Crippen molar-refractivity contribution in [1.29, 1.82) is 0 Å². The van der Waals surface area contributed by atoms with Gasteiger partial charge in [-0.25, -0.2) is 5.32 Å². The highest BCUT2D eigenvalue weighted by molar-refractivity contribution is 5.56. The zero-order chi connectivity index (χ0) is 5.28. The van der Waals surface area contributed by atoms with Crippen molar-refractivity contribution in [3.05, 3.63) is 0 Å². The molecule has 0 aliphatic carbocycles. The van der Waals surface area contributed by atoms with Crippen molar-refractivity contribution >= 4 is 6.09 Å². The van der Waals surface area contributed by atoms with Crippen molar-refractivity contribution in [1.82, 2.24) is 0 Å². The van der Waals surface area contributed by atoms with Crippen LogP contribution in [0.5, 0.6) is 0 Å². The molecule has 0 spiro atoms. The van der Waals surface area contributed by atoms with E-state index >= 15 is 0 Å². The minimum absolute atomic E-state index is 0. The number of cyclic esters (lactones) is 1. The molecule has 0 aromatic rings. The van der Waals surface area contributed by atoms with Crippen molar-refractivity contribution in [3.63, 3.8) is 0 Å². The third kappa shape index (κ3) is 1.68. The maximum atomic E-state index is 10.2. The number of nitrogens with two attached hydrogens (primary N) is 1. The maximum absolute atomic E-state index is 10.2. The van der Waals surface area contributed by atoms with Gasteiger partial charge in [0.2, 0.25) is 0 Å². The summed E-state index contributed by atoms with van der Waals surface area (Å²) in [6.07, 6.45) is -0.174. The molecule has 8 heavy (non-hydrogen) atoms. The summed E-state index contributed by atoms with van der Waals surface area (Å²) in [5, 5.41) is 1.58. The van der Waals surface area contributed by atoms with Crippen LogP contribution >= 0.6 is 0 Å². The summed E-state index contributed by atoms with van der Waals surface area (Å²) in [6, 6.07) is 0.326. The summed E-state index contributed by atoms with van der Waals surface area (Å²) in [6.45, 7) is 2.52. The number of carbonyl (C=O) groups excluding carboxylic acids is 1. The number of quaternary nitrogens is 1. The zero-order valence-corrected chi connectivity index (χ0v) is 5.31. The van der Waals surface area contributed by atoms with Crippen LogP contribution in [-0.2, 0) is 4.74 Å². The van der Waals surface area contributed by atoms with E-state index in [9.17, 15) is 4.79 Å². The standard InChI is InChI=1S/C4H7NO2.ClH/c1-3-2-7-4(6)5-3;/h3H,2H2,1H3,(H,5,6);1H. The second kappa shape index (κ2) is 2.89. The molecule has 1 amide bonds. The van der Waals surface area contributed by atoms with Crippen molar-refractivity contribution in [2.75, 3.05) is 6.61 Å². The van der Waals surface area contributed by atoms with E-state index in [1.165, 1.54) is 0 Å². The molecule has 0 aromatic carbocycles. The molecule has 1 unspecified atom stereocenters. The van der Waals surface area contributed by atoms with E-state index in [0.29, 0.717) is 12.6 Å². The summed E-state index contributed by atoms with van der Waals surface area (Å²) in [7, 11) is 0. The minimum atomic E-state index is -0.174. The second-order valence-electron chi connectivity index (χ2n) is 1.77. The van der Waals surface area contributed by atoms with Crippen LogP contribution in [0, 0.1) is 0 Å². The van der Waals surface area contributed by atoms with Gasteiger partial charge in [0, 0.05) is 0 Å². The summed E-state index contributed by atoms with van der Waals surface area (Å²) >= 11 is 0. The molecule has 0 aromatic heterocycles. The molecule has 4 heteroatoms. The van der Waals surface area contributed by atoms with Gasteiger partial charge in [0.15, 0.2) is 0 Å². The lowest BCUT2D eigenvalue weighted by atomic mass is 10.4. The van der Waals surface area contributed by atoms with Crippen LogP contribution < -0.4 is 17.7 Å². The average Bonchev–Trinajstić information content (AvgIpc) is 1.87. The first-order chi connectivity index (χ1) is 3.29. The summed E-state index contributed by atoms with van der Waals surface area (Å²) in [4.78, 5) is 10.2. The van der Waals surface area contributed by atoms with Gasteiger partial charge in [0.05, 0.1) is 0 Å². The minimum Gasteiger partial charge on any atom is -1.00 e. The molecule has 1 fully saturated rings. The van der Waals surface area contributed by atoms with Crippen LogP contribution in [0.15, 0.2) is 0 Å². The Bertz CT molecular complexity index is 96.0. The van der Waals surface area contributed by atoms with Gasteiger partial charge in [-0.3, -0.25) is 0 Å². The van der Waals surface area contributed by atoms with Gasteiger partial charge < -0.3 is 17.1 Å². The van der Waals surface area contributed by atoms with E-state index in [1.54, 1.807) is 5.32 Å². The zero-order valence-electron chi connectivity index (χ0n) is 4.56. The van der Waals surface area contributed by atoms with Crippen molar-refractivity contribution in [2.45, 2.75) is 13.0 Å². The molecular formula is C4H8ClNO2. The van der Waals surface area contributed by atoms with E-state index in [1.807, 2.05) is 6.92 Å². The average molecular weight is 138 g/mol. The van der Waals surface area contributed by atoms with Gasteiger partial charge in [-0.1, -0.05) is 0 Å². The summed E-state index contributed by atoms with van der Waals surface area (Å²) in [5.74, 6) is 0. The quantitative estimate of drug-likeness (QED) is 0.371. The van der Waals surface area contributed by atoms with Gasteiger partial charge in [-0.05, 0) is 6.92 Å². The van der Waals surface area contributed by atoms with E-state index in [4.69, 9.17) is 0 Å². The number of ether oxygens (including phenoxy) is 1. The van der Waals surface area contributed by atoms with Gasteiger partial charge in [-0.15, -0.1) is 0 Å². The van der Waals surface area contributed by atoms with Gasteiger partial charge in [-0.2, -0.15) is 4.79 Å². The van der Waals surface area contributed by atoms with Gasteiger partial charge in [0.1, 0.15) is 12.6 Å². The van der Waals surface area contributed by atoms with Crippen LogP contribution in [0.3, 0.4) is 0 Å². The Morgan fingerprint density at radius 1 is 1.88 bits per heavy atom. The molecule has 1 rings (SSSR count). The largest absolute Gasteiger partial charge is 1.00 e. The SMILES string of the molecule is CC1COC(=O)[NH2+]1.[Cl-]. The van der Waals surface area contributed by atoms with Crippen LogP contribution in [0.4, 0.5) is 4.79 Å². The number of rotatable bonds is 0. The van der Waals surface area contributed by atoms with E-state index < -0.39 is 0 Å². The highest BCUT2D eigenvalue weighted by Gasteiger charge is 2.22. The highest BCUT2D eigenvalue weighted by atomic mass is 35.5. The fourth-order valence-electron chi connectivity index (χ4n) is 0.542. The molecule has 0 bridgehead atoms. The number of halogens is 1. The van der Waals surface area contributed by atoms with Gasteiger partial charge >= 0.3 is 6.09 Å². The van der Waals surface area contributed by atoms with Crippen LogP contribution in [0.25, 0.3) is 0 Å². The topological polar surface area (TPSA) is 42.9 Å². The highest BCUT2D eigenvalue weighted by Crippen LogP contribution is 1.83. The van der Waals surface area contributed by atoms with Crippen molar-refractivity contribution < 1.29 is 27.3 Å². The van der Waals surface area contributed by atoms with E-state index in [0.717, 1.165) is 0 Å². The Morgan fingerprint density at radius 3 is 2.62 bits per heavy atom. The molecule has 1 aliphatic rings. The maximum Gasteiger partial charge on any atom is 0.513 e. The predicted molar refractivity (Wildman–Crippen MR) is 22.7 cm³/mol. The Balaban J connectivity index is 0.000000490. The number of carbonyl (C=O) groups is 1. The van der Waals surface area contributed by atoms with Crippen molar-refractivity contribution in [2.24, 2.45) is 0 Å². The van der Waals surface area contributed by atoms with Crippen LogP contribution in [0.2, 0.25) is 0 Å². The molecule has 0 saturated carbocycles. The Labute approximate surface area is 53.8 Å². The number of amides is 1. The number of primary amides is 1. The third-order valence-corrected chi connectivity index (χ3v) is 0.909. The van der Waals surface area contributed by atoms with Crippen LogP contribution in [0.1, 0.15) is 6.92 Å². The predicted octanol–water partition coefficient (Wildman–Crippen LogP) is -3.91. The molecule has 3 nitrogen and oxygen atoms in total. The third-order valence-electron chi connectivity index (χ3n) is 0.909. The molecule has 1 aliphatic heterocycles. The lowest BCUT2D eigenvalue weighted by molar-refractivity contribution is -0.576. The first kappa shape index (κ1) is 7.72. The molecule has 1 atom stereocenters. The summed E-state index contributed by atoms with van der Waals surface area (Å²) in [5.41, 5.74) is 0. The van der Waals surface area contributed by atoms with Gasteiger partial charge in [0.25, 0.3) is 0 Å². The smallest absolute Gasteiger partial charge is 0.513 e. The fraction of sp³-hybridized carbons (Fsp3) is 0.750. The number of hydrogen-bond donors (Lipinski definition) is 1. The van der Waals surface area contributed by atoms with E-state index in [-0.39, 0.29) is 18.5 Å². The van der Waals surface area contributed by atoms with Crippen LogP contribution in [-0.4, -0.2) is 18.7 Å². The fourth-order valence-corrected chi connectivity index (χ4v) is 0.542. The normalized spacial score (nSPS) is 26.6. The monoisotopic (exact) mass is 137 g/mol. The lowest BCUT2D eigenvalue weighted by Crippen LogP contribution is -3.00. The molecule has 48 valence electrons. The summed E-state index contributed by atoms with van der Waals surface area (Å²) < 4.78 is 4.57. The molecule has 2 N–H and O–H groups in total. The Morgan fingerprint density at radius 2 is 2.50 bits per heavy atom.